The topological polar surface area (TPSA) is 70.5 Å². The van der Waals surface area contributed by atoms with Crippen LogP contribution in [-0.2, 0) is 16.1 Å². The van der Waals surface area contributed by atoms with Crippen molar-refractivity contribution in [1.82, 2.24) is 9.88 Å². The van der Waals surface area contributed by atoms with Crippen molar-refractivity contribution in [3.8, 4) is 0 Å². The van der Waals surface area contributed by atoms with Crippen LogP contribution >= 0.6 is 0 Å². The summed E-state index contributed by atoms with van der Waals surface area (Å²) >= 11 is 0. The Morgan fingerprint density at radius 1 is 1.29 bits per heavy atom. The van der Waals surface area contributed by atoms with Gasteiger partial charge in [0.05, 0.1) is 11.8 Å². The van der Waals surface area contributed by atoms with Crippen molar-refractivity contribution in [3.63, 3.8) is 0 Å². The third-order valence-corrected chi connectivity index (χ3v) is 4.73. The highest BCUT2D eigenvalue weighted by Crippen LogP contribution is 2.59. The van der Waals surface area contributed by atoms with E-state index in [1.807, 2.05) is 30.9 Å². The lowest BCUT2D eigenvalue weighted by atomic mass is 10.1. The molecule has 2 aliphatic rings. The highest BCUT2D eigenvalue weighted by Gasteiger charge is 2.67. The van der Waals surface area contributed by atoms with Gasteiger partial charge in [0.15, 0.2) is 0 Å². The van der Waals surface area contributed by atoms with Crippen LogP contribution in [0.3, 0.4) is 0 Å². The quantitative estimate of drug-likeness (QED) is 0.898. The molecule has 1 aromatic heterocycles. The Labute approximate surface area is 124 Å². The van der Waals surface area contributed by atoms with E-state index in [0.29, 0.717) is 6.54 Å². The minimum absolute atomic E-state index is 0.00767. The lowest BCUT2D eigenvalue weighted by Crippen LogP contribution is -2.35. The van der Waals surface area contributed by atoms with Gasteiger partial charge in [0.25, 0.3) is 0 Å². The molecule has 5 nitrogen and oxygen atoms in total. The van der Waals surface area contributed by atoms with Crippen LogP contribution in [0.1, 0.15) is 32.3 Å². The number of carbonyl (C=O) groups excluding carboxylic acids is 1. The van der Waals surface area contributed by atoms with Crippen molar-refractivity contribution in [1.29, 1.82) is 0 Å². The van der Waals surface area contributed by atoms with Crippen molar-refractivity contribution in [2.24, 2.45) is 17.3 Å². The molecule has 2 atom stereocenters. The SMILES string of the molecule is CC1(C)C(C(=O)O)C1C(=O)N(Cc1ccncc1)C1CC1. The summed E-state index contributed by atoms with van der Waals surface area (Å²) in [5, 5.41) is 9.25. The van der Waals surface area contributed by atoms with Crippen LogP contribution in [0.4, 0.5) is 0 Å². The number of aliphatic carboxylic acids is 1. The molecular formula is C16H20N2O3. The minimum atomic E-state index is -0.863. The Morgan fingerprint density at radius 2 is 1.90 bits per heavy atom. The lowest BCUT2D eigenvalue weighted by Gasteiger charge is -2.23. The number of carboxylic acids is 1. The average molecular weight is 288 g/mol. The fourth-order valence-corrected chi connectivity index (χ4v) is 3.20. The van der Waals surface area contributed by atoms with Gasteiger partial charge in [-0.05, 0) is 36.0 Å². The van der Waals surface area contributed by atoms with Gasteiger partial charge >= 0.3 is 5.97 Å². The summed E-state index contributed by atoms with van der Waals surface area (Å²) in [7, 11) is 0. The van der Waals surface area contributed by atoms with Gasteiger partial charge in [0.2, 0.25) is 5.91 Å². The molecule has 0 radical (unpaired) electrons. The van der Waals surface area contributed by atoms with Crippen molar-refractivity contribution >= 4 is 11.9 Å². The van der Waals surface area contributed by atoms with E-state index in [4.69, 9.17) is 0 Å². The number of amides is 1. The first-order valence-electron chi connectivity index (χ1n) is 7.35. The summed E-state index contributed by atoms with van der Waals surface area (Å²) in [5.74, 6) is -1.81. The van der Waals surface area contributed by atoms with Crippen molar-refractivity contribution in [2.75, 3.05) is 0 Å². The lowest BCUT2D eigenvalue weighted by molar-refractivity contribution is -0.142. The third-order valence-electron chi connectivity index (χ3n) is 4.73. The predicted octanol–water partition coefficient (Wildman–Crippen LogP) is 1.93. The summed E-state index contributed by atoms with van der Waals surface area (Å²) in [6.07, 6.45) is 5.46. The maximum Gasteiger partial charge on any atom is 0.307 e. The number of nitrogens with zero attached hydrogens (tertiary/aromatic N) is 2. The Balaban J connectivity index is 1.76. The van der Waals surface area contributed by atoms with Crippen LogP contribution in [0.2, 0.25) is 0 Å². The summed E-state index contributed by atoms with van der Waals surface area (Å²) in [6, 6.07) is 4.07. The van der Waals surface area contributed by atoms with Crippen LogP contribution in [0.15, 0.2) is 24.5 Å². The second-order valence-corrected chi connectivity index (χ2v) is 6.67. The van der Waals surface area contributed by atoms with Crippen LogP contribution in [-0.4, -0.2) is 32.9 Å². The van der Waals surface area contributed by atoms with Gasteiger partial charge < -0.3 is 10.0 Å². The molecule has 3 rings (SSSR count). The maximum absolute atomic E-state index is 12.8. The van der Waals surface area contributed by atoms with Crippen molar-refractivity contribution in [2.45, 2.75) is 39.3 Å². The molecule has 2 aliphatic carbocycles. The Bertz CT molecular complexity index is 566. The molecular weight excluding hydrogens is 268 g/mol. The fraction of sp³-hybridized carbons (Fsp3) is 0.562. The van der Waals surface area contributed by atoms with E-state index in [1.165, 1.54) is 0 Å². The highest BCUT2D eigenvalue weighted by atomic mass is 16.4. The summed E-state index contributed by atoms with van der Waals surface area (Å²) in [5.41, 5.74) is 0.601. The fourth-order valence-electron chi connectivity index (χ4n) is 3.20. The molecule has 1 aromatic rings. The van der Waals surface area contributed by atoms with Gasteiger partial charge in [-0.1, -0.05) is 13.8 Å². The Kier molecular flexibility index (Phi) is 3.23. The van der Waals surface area contributed by atoms with E-state index in [0.717, 1.165) is 18.4 Å². The zero-order valence-electron chi connectivity index (χ0n) is 12.3. The number of carboxylic acid groups (broad SMARTS) is 1. The molecule has 1 amide bonds. The minimum Gasteiger partial charge on any atom is -0.481 e. The molecule has 112 valence electrons. The molecule has 0 bridgehead atoms. The molecule has 2 fully saturated rings. The summed E-state index contributed by atoms with van der Waals surface area (Å²) < 4.78 is 0. The molecule has 2 unspecified atom stereocenters. The van der Waals surface area contributed by atoms with Gasteiger partial charge in [0, 0.05) is 25.0 Å². The number of hydrogen-bond donors (Lipinski definition) is 1. The molecule has 0 aliphatic heterocycles. The largest absolute Gasteiger partial charge is 0.481 e. The van der Waals surface area contributed by atoms with Gasteiger partial charge in [-0.25, -0.2) is 0 Å². The molecule has 5 heteroatoms. The third kappa shape index (κ3) is 2.52. The number of rotatable bonds is 5. The second kappa shape index (κ2) is 4.83. The normalized spacial score (nSPS) is 26.2. The Morgan fingerprint density at radius 3 is 2.38 bits per heavy atom. The molecule has 1 N–H and O–H groups in total. The van der Waals surface area contributed by atoms with Crippen LogP contribution in [0, 0.1) is 17.3 Å². The van der Waals surface area contributed by atoms with E-state index in [1.54, 1.807) is 12.4 Å². The predicted molar refractivity (Wildman–Crippen MR) is 76.2 cm³/mol. The van der Waals surface area contributed by atoms with Crippen LogP contribution < -0.4 is 0 Å². The van der Waals surface area contributed by atoms with E-state index in [9.17, 15) is 14.7 Å². The molecule has 0 saturated heterocycles. The number of carbonyl (C=O) groups is 2. The number of hydrogen-bond acceptors (Lipinski definition) is 3. The maximum atomic E-state index is 12.8. The van der Waals surface area contributed by atoms with Gasteiger partial charge in [-0.3, -0.25) is 14.6 Å². The second-order valence-electron chi connectivity index (χ2n) is 6.67. The number of aromatic nitrogens is 1. The monoisotopic (exact) mass is 288 g/mol. The molecule has 0 spiro atoms. The molecule has 0 aromatic carbocycles. The van der Waals surface area contributed by atoms with E-state index in [-0.39, 0.29) is 11.9 Å². The van der Waals surface area contributed by atoms with Crippen LogP contribution in [0.25, 0.3) is 0 Å². The standard InChI is InChI=1S/C16H20N2O3/c1-16(2)12(13(16)15(20)21)14(19)18(11-3-4-11)9-10-5-7-17-8-6-10/h5-8,11-13H,3-4,9H2,1-2H3,(H,20,21). The zero-order valence-corrected chi connectivity index (χ0v) is 12.3. The molecule has 1 heterocycles. The van der Waals surface area contributed by atoms with E-state index < -0.39 is 23.2 Å². The van der Waals surface area contributed by atoms with E-state index in [2.05, 4.69) is 4.98 Å². The van der Waals surface area contributed by atoms with Crippen molar-refractivity contribution < 1.29 is 14.7 Å². The summed E-state index contributed by atoms with van der Waals surface area (Å²) in [4.78, 5) is 29.9. The zero-order chi connectivity index (χ0) is 15.2. The number of pyridine rings is 1. The van der Waals surface area contributed by atoms with Gasteiger partial charge in [-0.2, -0.15) is 0 Å². The first kappa shape index (κ1) is 14.0. The Hall–Kier alpha value is -1.91. The van der Waals surface area contributed by atoms with Gasteiger partial charge in [-0.15, -0.1) is 0 Å². The first-order valence-corrected chi connectivity index (χ1v) is 7.35. The average Bonchev–Trinajstić information content (AvgIpc) is 3.32. The summed E-state index contributed by atoms with van der Waals surface area (Å²) in [6.45, 7) is 4.28. The highest BCUT2D eigenvalue weighted by molar-refractivity contribution is 5.92. The van der Waals surface area contributed by atoms with Crippen molar-refractivity contribution in [3.05, 3.63) is 30.1 Å². The smallest absolute Gasteiger partial charge is 0.307 e. The van der Waals surface area contributed by atoms with Crippen LogP contribution in [0.5, 0.6) is 0 Å². The first-order chi connectivity index (χ1) is 9.93. The van der Waals surface area contributed by atoms with E-state index >= 15 is 0 Å². The molecule has 21 heavy (non-hydrogen) atoms. The van der Waals surface area contributed by atoms with Gasteiger partial charge in [0.1, 0.15) is 0 Å². The molecule has 2 saturated carbocycles.